The zero-order valence-corrected chi connectivity index (χ0v) is 13.9. The molecule has 1 unspecified atom stereocenters. The van der Waals surface area contributed by atoms with Crippen molar-refractivity contribution in [1.82, 2.24) is 0 Å². The molecule has 134 valence electrons. The standard InChI is InChI=1S/C18H20O7/c1-10-5-6-25-18(24)16-11(8-12(19)9-14(16)21)3-2-4-13(20)17(23)15(22)7-10/h8-10,19,21H,2-7H2,1H3. The van der Waals surface area contributed by atoms with E-state index in [1.807, 2.05) is 0 Å². The van der Waals surface area contributed by atoms with Crippen LogP contribution in [0.25, 0.3) is 0 Å². The lowest BCUT2D eigenvalue weighted by atomic mass is 9.95. The zero-order chi connectivity index (χ0) is 18.6. The van der Waals surface area contributed by atoms with Gasteiger partial charge in [-0.3, -0.25) is 14.4 Å². The number of aromatic hydroxyl groups is 2. The van der Waals surface area contributed by atoms with Gasteiger partial charge in [0, 0.05) is 18.9 Å². The molecule has 0 saturated carbocycles. The number of benzene rings is 1. The van der Waals surface area contributed by atoms with Gasteiger partial charge in [0.2, 0.25) is 11.6 Å². The molecular formula is C18H20O7. The molecule has 1 aliphatic rings. The van der Waals surface area contributed by atoms with Gasteiger partial charge in [-0.2, -0.15) is 0 Å². The quantitative estimate of drug-likeness (QED) is 0.541. The van der Waals surface area contributed by atoms with Crippen LogP contribution in [0, 0.1) is 5.92 Å². The summed E-state index contributed by atoms with van der Waals surface area (Å²) in [5, 5.41) is 19.6. The smallest absolute Gasteiger partial charge is 0.342 e. The maximum Gasteiger partial charge on any atom is 0.342 e. The number of ether oxygens (including phenoxy) is 1. The summed E-state index contributed by atoms with van der Waals surface area (Å²) in [5.74, 6) is -4.08. The van der Waals surface area contributed by atoms with Crippen LogP contribution in [0.15, 0.2) is 12.1 Å². The second-order valence-corrected chi connectivity index (χ2v) is 6.26. The van der Waals surface area contributed by atoms with Crippen LogP contribution in [0.1, 0.15) is 48.5 Å². The highest BCUT2D eigenvalue weighted by atomic mass is 16.5. The lowest BCUT2D eigenvalue weighted by molar-refractivity contribution is -0.144. The van der Waals surface area contributed by atoms with E-state index < -0.39 is 29.1 Å². The van der Waals surface area contributed by atoms with Gasteiger partial charge in [-0.05, 0) is 36.8 Å². The summed E-state index contributed by atoms with van der Waals surface area (Å²) in [4.78, 5) is 47.7. The number of Topliss-reactive ketones (excluding diaryl/α,β-unsaturated/α-hetero) is 3. The Bertz CT molecular complexity index is 720. The molecule has 1 aliphatic heterocycles. The fourth-order valence-electron chi connectivity index (χ4n) is 2.75. The Kier molecular flexibility index (Phi) is 5.90. The number of hydrogen-bond acceptors (Lipinski definition) is 7. The highest BCUT2D eigenvalue weighted by Gasteiger charge is 2.25. The van der Waals surface area contributed by atoms with Gasteiger partial charge < -0.3 is 14.9 Å². The summed E-state index contributed by atoms with van der Waals surface area (Å²) in [5.41, 5.74) is 0.261. The van der Waals surface area contributed by atoms with E-state index in [9.17, 15) is 29.4 Å². The Morgan fingerprint density at radius 2 is 1.76 bits per heavy atom. The first kappa shape index (κ1) is 18.6. The Morgan fingerprint density at radius 1 is 1.04 bits per heavy atom. The minimum absolute atomic E-state index is 0.00910. The number of hydrogen-bond donors (Lipinski definition) is 2. The lowest BCUT2D eigenvalue weighted by Crippen LogP contribution is -2.26. The van der Waals surface area contributed by atoms with Gasteiger partial charge in [0.15, 0.2) is 0 Å². The van der Waals surface area contributed by atoms with Gasteiger partial charge in [0.25, 0.3) is 5.78 Å². The van der Waals surface area contributed by atoms with Crippen molar-refractivity contribution in [2.24, 2.45) is 5.92 Å². The van der Waals surface area contributed by atoms with Crippen LogP contribution in [-0.4, -0.2) is 40.1 Å². The lowest BCUT2D eigenvalue weighted by Gasteiger charge is -2.14. The fourth-order valence-corrected chi connectivity index (χ4v) is 2.75. The summed E-state index contributed by atoms with van der Waals surface area (Å²) in [6, 6.07) is 2.35. The number of aryl methyl sites for hydroxylation is 1. The summed E-state index contributed by atoms with van der Waals surface area (Å²) >= 11 is 0. The molecule has 0 fully saturated rings. The number of esters is 1. The van der Waals surface area contributed by atoms with E-state index >= 15 is 0 Å². The average molecular weight is 348 g/mol. The Labute approximate surface area is 144 Å². The zero-order valence-electron chi connectivity index (χ0n) is 13.9. The number of phenols is 2. The monoisotopic (exact) mass is 348 g/mol. The molecule has 0 aliphatic carbocycles. The highest BCUT2D eigenvalue weighted by Crippen LogP contribution is 2.29. The van der Waals surface area contributed by atoms with E-state index in [1.165, 1.54) is 6.07 Å². The van der Waals surface area contributed by atoms with Crippen molar-refractivity contribution in [3.63, 3.8) is 0 Å². The predicted octanol–water partition coefficient (Wildman–Crippen LogP) is 1.71. The third kappa shape index (κ3) is 4.65. The minimum Gasteiger partial charge on any atom is -0.508 e. The first-order chi connectivity index (χ1) is 11.8. The second kappa shape index (κ2) is 7.92. The Hall–Kier alpha value is -2.70. The van der Waals surface area contributed by atoms with Crippen molar-refractivity contribution in [3.05, 3.63) is 23.3 Å². The van der Waals surface area contributed by atoms with Crippen LogP contribution in [0.5, 0.6) is 11.5 Å². The van der Waals surface area contributed by atoms with Gasteiger partial charge in [-0.15, -0.1) is 0 Å². The number of carbonyl (C=O) groups is 4. The normalized spacial score (nSPS) is 20.6. The summed E-state index contributed by atoms with van der Waals surface area (Å²) in [7, 11) is 0. The Balaban J connectivity index is 2.30. The maximum atomic E-state index is 12.2. The largest absolute Gasteiger partial charge is 0.508 e. The van der Waals surface area contributed by atoms with E-state index in [-0.39, 0.29) is 49.5 Å². The number of phenolic OH excluding ortho intramolecular Hbond substituents is 2. The SMILES string of the molecule is CC1CCOC(=O)c2c(O)cc(O)cc2CCCC(=O)C(=O)C(=O)C1. The van der Waals surface area contributed by atoms with Crippen molar-refractivity contribution in [3.8, 4) is 11.5 Å². The van der Waals surface area contributed by atoms with Crippen LogP contribution in [-0.2, 0) is 25.5 Å². The van der Waals surface area contributed by atoms with Crippen LogP contribution in [0.3, 0.4) is 0 Å². The van der Waals surface area contributed by atoms with E-state index in [0.717, 1.165) is 6.07 Å². The van der Waals surface area contributed by atoms with E-state index in [2.05, 4.69) is 0 Å². The van der Waals surface area contributed by atoms with Crippen molar-refractivity contribution < 1.29 is 34.1 Å². The molecule has 1 heterocycles. The van der Waals surface area contributed by atoms with Crippen LogP contribution < -0.4 is 0 Å². The van der Waals surface area contributed by atoms with Crippen molar-refractivity contribution in [2.75, 3.05) is 6.61 Å². The first-order valence-electron chi connectivity index (χ1n) is 8.12. The molecule has 1 aromatic carbocycles. The molecule has 25 heavy (non-hydrogen) atoms. The molecule has 1 aromatic rings. The van der Waals surface area contributed by atoms with Crippen LogP contribution >= 0.6 is 0 Å². The molecule has 1 atom stereocenters. The average Bonchev–Trinajstić information content (AvgIpc) is 2.52. The van der Waals surface area contributed by atoms with Crippen molar-refractivity contribution in [1.29, 1.82) is 0 Å². The topological polar surface area (TPSA) is 118 Å². The number of ketones is 3. The van der Waals surface area contributed by atoms with Crippen molar-refractivity contribution >= 4 is 23.3 Å². The van der Waals surface area contributed by atoms with Gasteiger partial charge >= 0.3 is 5.97 Å². The van der Waals surface area contributed by atoms with Gasteiger partial charge in [0.05, 0.1) is 6.61 Å². The molecule has 0 radical (unpaired) electrons. The fraction of sp³-hybridized carbons (Fsp3) is 0.444. The number of rotatable bonds is 0. The molecule has 0 amide bonds. The summed E-state index contributed by atoms with van der Waals surface area (Å²) in [6.07, 6.45) is 0.474. The molecule has 2 N–H and O–H groups in total. The number of fused-ring (bicyclic) bond motifs is 1. The van der Waals surface area contributed by atoms with Crippen molar-refractivity contribution in [2.45, 2.75) is 39.0 Å². The molecule has 7 nitrogen and oxygen atoms in total. The third-order valence-corrected chi connectivity index (χ3v) is 4.12. The van der Waals surface area contributed by atoms with Crippen LogP contribution in [0.2, 0.25) is 0 Å². The minimum atomic E-state index is -1.00. The summed E-state index contributed by atoms with van der Waals surface area (Å²) < 4.78 is 5.14. The summed E-state index contributed by atoms with van der Waals surface area (Å²) in [6.45, 7) is 1.73. The van der Waals surface area contributed by atoms with E-state index in [4.69, 9.17) is 4.74 Å². The number of cyclic esters (lactones) is 1. The predicted molar refractivity (Wildman–Crippen MR) is 86.4 cm³/mol. The molecule has 7 heteroatoms. The number of carbonyl (C=O) groups excluding carboxylic acids is 4. The second-order valence-electron chi connectivity index (χ2n) is 6.26. The Morgan fingerprint density at radius 3 is 2.48 bits per heavy atom. The highest BCUT2D eigenvalue weighted by molar-refractivity contribution is 6.63. The third-order valence-electron chi connectivity index (χ3n) is 4.12. The first-order valence-corrected chi connectivity index (χ1v) is 8.12. The van der Waals surface area contributed by atoms with E-state index in [0.29, 0.717) is 12.0 Å². The van der Waals surface area contributed by atoms with Gasteiger partial charge in [-0.1, -0.05) is 6.92 Å². The molecule has 0 spiro atoms. The molecule has 0 saturated heterocycles. The molecular weight excluding hydrogens is 328 g/mol. The molecule has 0 aromatic heterocycles. The molecule has 0 bridgehead atoms. The maximum absolute atomic E-state index is 12.2. The van der Waals surface area contributed by atoms with Gasteiger partial charge in [0.1, 0.15) is 17.1 Å². The van der Waals surface area contributed by atoms with Gasteiger partial charge in [-0.25, -0.2) is 4.79 Å². The van der Waals surface area contributed by atoms with Crippen LogP contribution in [0.4, 0.5) is 0 Å². The van der Waals surface area contributed by atoms with E-state index in [1.54, 1.807) is 6.92 Å². The molecule has 2 rings (SSSR count).